The number of nitrogens with two attached hydrogens (primary N) is 1. The standard InChI is InChI=1S/C17H24Cl2N2O2/c1-12(20)13-5-3-9-21(11-13)16(22)8-4-10-23-15-7-2-6-14(18)17(15)19/h2,6-7,12-13H,3-5,8-11,20H2,1H3/t12-,13+/m1/s1. The van der Waals surface area contributed by atoms with Crippen LogP contribution in [-0.4, -0.2) is 36.5 Å². The molecule has 0 unspecified atom stereocenters. The molecule has 0 aliphatic carbocycles. The highest BCUT2D eigenvalue weighted by Gasteiger charge is 2.25. The van der Waals surface area contributed by atoms with Crippen molar-refractivity contribution in [2.45, 2.75) is 38.6 Å². The third-order valence-corrected chi connectivity index (χ3v) is 5.06. The van der Waals surface area contributed by atoms with E-state index in [-0.39, 0.29) is 11.9 Å². The molecule has 1 saturated heterocycles. The average molecular weight is 359 g/mol. The van der Waals surface area contributed by atoms with E-state index in [4.69, 9.17) is 33.7 Å². The number of benzene rings is 1. The first-order valence-electron chi connectivity index (χ1n) is 8.09. The van der Waals surface area contributed by atoms with Crippen molar-refractivity contribution in [3.05, 3.63) is 28.2 Å². The summed E-state index contributed by atoms with van der Waals surface area (Å²) in [5, 5.41) is 0.881. The summed E-state index contributed by atoms with van der Waals surface area (Å²) in [6, 6.07) is 5.41. The Labute approximate surface area is 147 Å². The molecule has 0 aromatic heterocycles. The molecular formula is C17H24Cl2N2O2. The summed E-state index contributed by atoms with van der Waals surface area (Å²) in [6.07, 6.45) is 3.27. The van der Waals surface area contributed by atoms with Gasteiger partial charge in [-0.2, -0.15) is 0 Å². The van der Waals surface area contributed by atoms with Crippen molar-refractivity contribution in [2.24, 2.45) is 11.7 Å². The molecule has 1 fully saturated rings. The second kappa shape index (κ2) is 8.76. The van der Waals surface area contributed by atoms with Gasteiger partial charge in [-0.1, -0.05) is 29.3 Å². The zero-order valence-electron chi connectivity index (χ0n) is 13.4. The molecule has 1 heterocycles. The number of rotatable bonds is 6. The fourth-order valence-electron chi connectivity index (χ4n) is 2.82. The van der Waals surface area contributed by atoms with Crippen LogP contribution in [-0.2, 0) is 4.79 Å². The Kier molecular flexibility index (Phi) is 7.00. The lowest BCUT2D eigenvalue weighted by atomic mass is 9.92. The molecule has 0 bridgehead atoms. The van der Waals surface area contributed by atoms with E-state index in [1.807, 2.05) is 11.8 Å². The van der Waals surface area contributed by atoms with E-state index in [1.165, 1.54) is 0 Å². The molecule has 2 rings (SSSR count). The van der Waals surface area contributed by atoms with Crippen molar-refractivity contribution in [1.29, 1.82) is 0 Å². The Bertz CT molecular complexity index is 537. The Hall–Kier alpha value is -0.970. The zero-order valence-corrected chi connectivity index (χ0v) is 14.9. The van der Waals surface area contributed by atoms with Gasteiger partial charge in [0.15, 0.2) is 0 Å². The molecule has 1 aliphatic heterocycles. The molecule has 0 radical (unpaired) electrons. The second-order valence-corrected chi connectivity index (χ2v) is 6.89. The number of hydrogen-bond acceptors (Lipinski definition) is 3. The van der Waals surface area contributed by atoms with E-state index in [9.17, 15) is 4.79 Å². The van der Waals surface area contributed by atoms with Gasteiger partial charge in [-0.15, -0.1) is 0 Å². The number of carbonyl (C=O) groups excluding carboxylic acids is 1. The molecule has 0 spiro atoms. The van der Waals surface area contributed by atoms with Crippen molar-refractivity contribution >= 4 is 29.1 Å². The van der Waals surface area contributed by atoms with Crippen LogP contribution >= 0.6 is 23.2 Å². The predicted octanol–water partition coefficient (Wildman–Crippen LogP) is 3.74. The van der Waals surface area contributed by atoms with E-state index in [0.717, 1.165) is 25.9 Å². The monoisotopic (exact) mass is 358 g/mol. The SMILES string of the molecule is C[C@@H](N)[C@H]1CCCN(C(=O)CCCOc2cccc(Cl)c2Cl)C1. The topological polar surface area (TPSA) is 55.6 Å². The number of amides is 1. The quantitative estimate of drug-likeness (QED) is 0.788. The van der Waals surface area contributed by atoms with Gasteiger partial charge in [0.2, 0.25) is 5.91 Å². The summed E-state index contributed by atoms with van der Waals surface area (Å²) in [7, 11) is 0. The van der Waals surface area contributed by atoms with Gasteiger partial charge in [-0.3, -0.25) is 4.79 Å². The maximum atomic E-state index is 12.3. The predicted molar refractivity (Wildman–Crippen MR) is 94.1 cm³/mol. The molecule has 4 nitrogen and oxygen atoms in total. The van der Waals surface area contributed by atoms with Crippen LogP contribution in [0.5, 0.6) is 5.75 Å². The minimum Gasteiger partial charge on any atom is -0.492 e. The second-order valence-electron chi connectivity index (χ2n) is 6.11. The molecule has 1 aromatic rings. The number of carbonyl (C=O) groups is 1. The third kappa shape index (κ3) is 5.27. The van der Waals surface area contributed by atoms with Gasteiger partial charge >= 0.3 is 0 Å². The molecule has 1 aromatic carbocycles. The molecular weight excluding hydrogens is 335 g/mol. The zero-order chi connectivity index (χ0) is 16.8. The van der Waals surface area contributed by atoms with Gasteiger partial charge in [-0.05, 0) is 44.2 Å². The summed E-state index contributed by atoms with van der Waals surface area (Å²) in [5.74, 6) is 1.15. The fraction of sp³-hybridized carbons (Fsp3) is 0.588. The summed E-state index contributed by atoms with van der Waals surface area (Å²) < 4.78 is 5.61. The molecule has 0 saturated carbocycles. The van der Waals surface area contributed by atoms with Gasteiger partial charge < -0.3 is 15.4 Å². The van der Waals surface area contributed by atoms with Crippen LogP contribution in [0.2, 0.25) is 10.0 Å². The third-order valence-electron chi connectivity index (χ3n) is 4.26. The number of piperidine rings is 1. The van der Waals surface area contributed by atoms with Crippen molar-refractivity contribution in [3.8, 4) is 5.75 Å². The van der Waals surface area contributed by atoms with Crippen LogP contribution in [0.4, 0.5) is 0 Å². The van der Waals surface area contributed by atoms with E-state index >= 15 is 0 Å². The van der Waals surface area contributed by atoms with Crippen LogP contribution in [0.15, 0.2) is 18.2 Å². The van der Waals surface area contributed by atoms with Crippen molar-refractivity contribution in [2.75, 3.05) is 19.7 Å². The molecule has 6 heteroatoms. The van der Waals surface area contributed by atoms with Crippen molar-refractivity contribution in [1.82, 2.24) is 4.90 Å². The highest BCUT2D eigenvalue weighted by molar-refractivity contribution is 6.42. The fourth-order valence-corrected chi connectivity index (χ4v) is 3.17. The Morgan fingerprint density at radius 1 is 1.48 bits per heavy atom. The average Bonchev–Trinajstić information content (AvgIpc) is 2.55. The van der Waals surface area contributed by atoms with E-state index < -0.39 is 0 Å². The summed E-state index contributed by atoms with van der Waals surface area (Å²) in [4.78, 5) is 14.2. The number of nitrogens with zero attached hydrogens (tertiary/aromatic N) is 1. The van der Waals surface area contributed by atoms with E-state index in [0.29, 0.717) is 41.2 Å². The Morgan fingerprint density at radius 3 is 3.00 bits per heavy atom. The first-order chi connectivity index (χ1) is 11.0. The van der Waals surface area contributed by atoms with Crippen LogP contribution < -0.4 is 10.5 Å². The highest BCUT2D eigenvalue weighted by atomic mass is 35.5. The summed E-state index contributed by atoms with van der Waals surface area (Å²) >= 11 is 12.0. The first-order valence-corrected chi connectivity index (χ1v) is 8.84. The maximum Gasteiger partial charge on any atom is 0.222 e. The Balaban J connectivity index is 1.73. The number of likely N-dealkylation sites (tertiary alicyclic amines) is 1. The van der Waals surface area contributed by atoms with Gasteiger partial charge in [0.25, 0.3) is 0 Å². The largest absolute Gasteiger partial charge is 0.492 e. The van der Waals surface area contributed by atoms with E-state index in [2.05, 4.69) is 0 Å². The van der Waals surface area contributed by atoms with Gasteiger partial charge in [0.05, 0.1) is 11.6 Å². The minimum atomic E-state index is 0.138. The van der Waals surface area contributed by atoms with Gasteiger partial charge in [0, 0.05) is 25.6 Å². The Morgan fingerprint density at radius 2 is 2.26 bits per heavy atom. The molecule has 2 atom stereocenters. The van der Waals surface area contributed by atoms with E-state index in [1.54, 1.807) is 18.2 Å². The van der Waals surface area contributed by atoms with Crippen molar-refractivity contribution in [3.63, 3.8) is 0 Å². The van der Waals surface area contributed by atoms with Crippen LogP contribution in [0.3, 0.4) is 0 Å². The molecule has 1 aliphatic rings. The number of ether oxygens (including phenoxy) is 1. The maximum absolute atomic E-state index is 12.3. The first kappa shape index (κ1) is 18.4. The lowest BCUT2D eigenvalue weighted by Crippen LogP contribution is -2.45. The number of halogens is 2. The molecule has 1 amide bonds. The van der Waals surface area contributed by atoms with Gasteiger partial charge in [0.1, 0.15) is 10.8 Å². The minimum absolute atomic E-state index is 0.138. The van der Waals surface area contributed by atoms with Crippen LogP contribution in [0.1, 0.15) is 32.6 Å². The van der Waals surface area contributed by atoms with Crippen molar-refractivity contribution < 1.29 is 9.53 Å². The normalized spacial score (nSPS) is 19.5. The summed E-state index contributed by atoms with van der Waals surface area (Å²) in [5.41, 5.74) is 5.96. The smallest absolute Gasteiger partial charge is 0.222 e. The summed E-state index contributed by atoms with van der Waals surface area (Å²) in [6.45, 7) is 4.07. The molecule has 23 heavy (non-hydrogen) atoms. The van der Waals surface area contributed by atoms with Crippen LogP contribution in [0.25, 0.3) is 0 Å². The number of hydrogen-bond donors (Lipinski definition) is 1. The lowest BCUT2D eigenvalue weighted by molar-refractivity contribution is -0.133. The van der Waals surface area contributed by atoms with Crippen LogP contribution in [0, 0.1) is 5.92 Å². The lowest BCUT2D eigenvalue weighted by Gasteiger charge is -2.34. The van der Waals surface area contributed by atoms with Gasteiger partial charge in [-0.25, -0.2) is 0 Å². The molecule has 128 valence electrons. The highest BCUT2D eigenvalue weighted by Crippen LogP contribution is 2.31. The molecule has 2 N–H and O–H groups in total.